The molecule has 0 unspecified atom stereocenters. The Morgan fingerprint density at radius 3 is 1.11 bits per heavy atom. The van der Waals surface area contributed by atoms with Gasteiger partial charge in [-0.1, -0.05) is 314 Å². The van der Waals surface area contributed by atoms with Crippen LogP contribution < -0.4 is 4.90 Å². The lowest BCUT2D eigenvalue weighted by molar-refractivity contribution is 0.398. The first-order chi connectivity index (χ1) is 44.1. The predicted molar refractivity (Wildman–Crippen MR) is 393 cm³/mol. The molecule has 3 nitrogen and oxygen atoms in total. The fraction of sp³-hybridized carbons (Fsp3) is 0.442. The Balaban J connectivity index is 0.000000203. The summed E-state index contributed by atoms with van der Waals surface area (Å²) in [6.07, 6.45) is 37.3. The second-order valence-electron chi connectivity index (χ2n) is 27.3. The van der Waals surface area contributed by atoms with E-state index in [9.17, 15) is 0 Å². The van der Waals surface area contributed by atoms with Crippen LogP contribution in [0.1, 0.15) is 252 Å². The average molecular weight is 1210 g/mol. The second-order valence-corrected chi connectivity index (χ2v) is 27.8. The van der Waals surface area contributed by atoms with Crippen LogP contribution in [0, 0.1) is 27.7 Å². The van der Waals surface area contributed by atoms with Crippen molar-refractivity contribution >= 4 is 39.8 Å². The van der Waals surface area contributed by atoms with Gasteiger partial charge in [-0.3, -0.25) is 0 Å². The highest BCUT2D eigenvalue weighted by Crippen LogP contribution is 2.57. The fourth-order valence-electron chi connectivity index (χ4n) is 15.5. The van der Waals surface area contributed by atoms with Crippen LogP contribution in [0.15, 0.2) is 164 Å². The number of unbranched alkanes of at least 4 members (excludes halogenated alkanes) is 20. The van der Waals surface area contributed by atoms with E-state index in [0.717, 1.165) is 11.0 Å². The molecule has 90 heavy (non-hydrogen) atoms. The molecule has 1 heterocycles. The minimum absolute atomic E-state index is 0.0949. The minimum atomic E-state index is 0.0949. The molecule has 0 atom stereocenters. The van der Waals surface area contributed by atoms with Crippen molar-refractivity contribution in [1.29, 1.82) is 0 Å². The highest BCUT2D eigenvalue weighted by atomic mass is 32.1. The highest BCUT2D eigenvalue weighted by molar-refractivity contribution is 7.00. The van der Waals surface area contributed by atoms with E-state index in [4.69, 9.17) is 4.37 Å². The maximum absolute atomic E-state index is 4.74. The molecule has 0 fully saturated rings. The summed E-state index contributed by atoms with van der Waals surface area (Å²) in [6.45, 7) is 18.1. The molecule has 0 radical (unpaired) electrons. The summed E-state index contributed by atoms with van der Waals surface area (Å²) in [4.78, 5) is 2.36. The molecule has 2 aliphatic carbocycles. The first kappa shape index (κ1) is 66.3. The quantitative estimate of drug-likeness (QED) is 0.0384. The predicted octanol–water partition coefficient (Wildman–Crippen LogP) is 27.0. The molecule has 0 spiro atoms. The van der Waals surface area contributed by atoms with Crippen LogP contribution in [-0.2, 0) is 10.8 Å². The van der Waals surface area contributed by atoms with Crippen molar-refractivity contribution in [2.24, 2.45) is 0 Å². The molecule has 4 heteroatoms. The van der Waals surface area contributed by atoms with E-state index >= 15 is 0 Å². The zero-order valence-corrected chi connectivity index (χ0v) is 57.5. The highest BCUT2D eigenvalue weighted by Gasteiger charge is 2.44. The molecule has 472 valence electrons. The van der Waals surface area contributed by atoms with Gasteiger partial charge in [-0.2, -0.15) is 8.75 Å². The molecule has 0 aliphatic heterocycles. The van der Waals surface area contributed by atoms with Crippen LogP contribution in [0.5, 0.6) is 0 Å². The zero-order chi connectivity index (χ0) is 62.7. The number of benzene rings is 8. The Morgan fingerprint density at radius 2 is 0.644 bits per heavy atom. The standard InChI is InChI=1S/C49H59N.C37H48N2S/c1-5-7-9-11-13-18-34-49(35-19-14-12-10-8-6-2)47-36-39(4)24-32-45(47)46-33-27-41(37-48(46)49)40-25-30-44(31-26-40)50(42-20-16-15-17-21-42)43-28-22-38(3)23-29-43;1-5-7-9-11-13-15-23-37(24-16-14-12-10-8-6-2)33-25-27(3)17-20-31(33)32-22-19-29(26-34(32)37)30-21-18-28(4)35-36(30)39-40-38-35/h15-17,20-33,36-37H,5-14,18-19,34-35H2,1-4H3;17-22,25-26H,5-16,23-24H2,1-4H3. The van der Waals surface area contributed by atoms with Gasteiger partial charge in [0.2, 0.25) is 0 Å². The third kappa shape index (κ3) is 15.5. The van der Waals surface area contributed by atoms with Crippen molar-refractivity contribution in [1.82, 2.24) is 8.75 Å². The monoisotopic (exact) mass is 1210 g/mol. The molecular formula is C86H107N3S. The third-order valence-corrected chi connectivity index (χ3v) is 21.1. The lowest BCUT2D eigenvalue weighted by Crippen LogP contribution is -2.25. The van der Waals surface area contributed by atoms with Gasteiger partial charge in [0.05, 0.1) is 11.7 Å². The van der Waals surface area contributed by atoms with Crippen molar-refractivity contribution in [3.63, 3.8) is 0 Å². The average Bonchev–Trinajstić information content (AvgIpc) is 1.58. The van der Waals surface area contributed by atoms with Crippen LogP contribution in [0.2, 0.25) is 0 Å². The smallest absolute Gasteiger partial charge is 0.112 e. The lowest BCUT2D eigenvalue weighted by atomic mass is 9.70. The third-order valence-electron chi connectivity index (χ3n) is 20.6. The molecule has 11 rings (SSSR count). The van der Waals surface area contributed by atoms with Gasteiger partial charge in [-0.15, -0.1) is 0 Å². The molecule has 8 aromatic carbocycles. The number of nitrogens with zero attached hydrogens (tertiary/aromatic N) is 3. The van der Waals surface area contributed by atoms with Crippen LogP contribution in [0.4, 0.5) is 17.1 Å². The number of hydrogen-bond acceptors (Lipinski definition) is 4. The van der Waals surface area contributed by atoms with Crippen LogP contribution in [-0.4, -0.2) is 8.75 Å². The topological polar surface area (TPSA) is 29.0 Å². The molecule has 1 aromatic heterocycles. The fourth-order valence-corrected chi connectivity index (χ4v) is 16.1. The molecular weight excluding hydrogens is 1110 g/mol. The maximum atomic E-state index is 4.74. The maximum Gasteiger partial charge on any atom is 0.112 e. The van der Waals surface area contributed by atoms with Crippen molar-refractivity contribution in [2.75, 3.05) is 4.90 Å². The Bertz CT molecular complexity index is 3650. The minimum Gasteiger partial charge on any atom is -0.311 e. The normalized spacial score (nSPS) is 13.2. The molecule has 0 saturated heterocycles. The summed E-state index contributed by atoms with van der Waals surface area (Å²) < 4.78 is 9.36. The number of aryl methyl sites for hydroxylation is 4. The second kappa shape index (κ2) is 32.6. The van der Waals surface area contributed by atoms with Crippen molar-refractivity contribution < 1.29 is 0 Å². The van der Waals surface area contributed by atoms with Crippen LogP contribution in [0.3, 0.4) is 0 Å². The van der Waals surface area contributed by atoms with Gasteiger partial charge in [0.1, 0.15) is 11.0 Å². The SMILES string of the molecule is CCCCCCCCC1(CCCCCCCC)c2cc(C)ccc2-c2ccc(-c3ccc(C)c4nsnc34)cc21.CCCCCCCCC1(CCCCCCCC)c2cc(C)ccc2-c2ccc(-c3ccc(N(c4ccccc4)c4ccc(C)cc4)cc3)cc21. The van der Waals surface area contributed by atoms with Gasteiger partial charge < -0.3 is 4.90 Å². The van der Waals surface area contributed by atoms with Crippen molar-refractivity contribution in [3.8, 4) is 44.5 Å². The lowest BCUT2D eigenvalue weighted by Gasteiger charge is -2.33. The summed E-state index contributed by atoms with van der Waals surface area (Å²) in [5.41, 5.74) is 28.4. The summed E-state index contributed by atoms with van der Waals surface area (Å²) in [7, 11) is 0. The van der Waals surface area contributed by atoms with E-state index in [1.165, 1.54) is 275 Å². The number of hydrogen-bond donors (Lipinski definition) is 0. The first-order valence-electron chi connectivity index (χ1n) is 35.9. The van der Waals surface area contributed by atoms with E-state index in [1.807, 2.05) is 0 Å². The van der Waals surface area contributed by atoms with Gasteiger partial charge in [0.15, 0.2) is 0 Å². The molecule has 0 N–H and O–H groups in total. The molecule has 0 bridgehead atoms. The van der Waals surface area contributed by atoms with E-state index in [0.29, 0.717) is 0 Å². The van der Waals surface area contributed by atoms with E-state index in [2.05, 4.69) is 228 Å². The Kier molecular flexibility index (Phi) is 24.0. The zero-order valence-electron chi connectivity index (χ0n) is 56.6. The van der Waals surface area contributed by atoms with Gasteiger partial charge >= 0.3 is 0 Å². The molecule has 2 aliphatic rings. The van der Waals surface area contributed by atoms with E-state index in [-0.39, 0.29) is 10.8 Å². The molecule has 0 saturated carbocycles. The van der Waals surface area contributed by atoms with Crippen molar-refractivity contribution in [2.45, 2.75) is 246 Å². The number of rotatable bonds is 33. The Hall–Kier alpha value is -6.62. The summed E-state index contributed by atoms with van der Waals surface area (Å²) in [5, 5.41) is 0. The number of anilines is 3. The summed E-state index contributed by atoms with van der Waals surface area (Å²) in [6, 6.07) is 62.5. The van der Waals surface area contributed by atoms with Crippen LogP contribution in [0.25, 0.3) is 55.5 Å². The van der Waals surface area contributed by atoms with E-state index in [1.54, 1.807) is 22.3 Å². The Morgan fingerprint density at radius 1 is 0.300 bits per heavy atom. The summed E-state index contributed by atoms with van der Waals surface area (Å²) >= 11 is 1.33. The van der Waals surface area contributed by atoms with Crippen LogP contribution >= 0.6 is 11.7 Å². The first-order valence-corrected chi connectivity index (χ1v) is 36.6. The number of aromatic nitrogens is 2. The number of para-hydroxylation sites is 1. The Labute approximate surface area is 548 Å². The van der Waals surface area contributed by atoms with E-state index < -0.39 is 0 Å². The molecule has 0 amide bonds. The van der Waals surface area contributed by atoms with Crippen molar-refractivity contribution in [3.05, 3.63) is 208 Å². The van der Waals surface area contributed by atoms with Gasteiger partial charge in [0.25, 0.3) is 0 Å². The molecule has 9 aromatic rings. The van der Waals surface area contributed by atoms with Gasteiger partial charge in [-0.05, 0) is 169 Å². The van der Waals surface area contributed by atoms with Gasteiger partial charge in [0, 0.05) is 33.5 Å². The number of fused-ring (bicyclic) bond motifs is 7. The largest absolute Gasteiger partial charge is 0.311 e. The van der Waals surface area contributed by atoms with Gasteiger partial charge in [-0.25, -0.2) is 0 Å². The summed E-state index contributed by atoms with van der Waals surface area (Å²) in [5.74, 6) is 0.